The average Bonchev–Trinajstić information content (AvgIpc) is 3.89. The summed E-state index contributed by atoms with van der Waals surface area (Å²) in [6.07, 6.45) is 0. The lowest BCUT2D eigenvalue weighted by Gasteiger charge is -2.22. The fraction of sp³-hybridized carbons (Fsp3) is 0.0612. The van der Waals surface area contributed by atoms with Gasteiger partial charge in [0.1, 0.15) is 5.01 Å². The van der Waals surface area contributed by atoms with E-state index >= 15 is 0 Å². The molecule has 260 valence electrons. The Balaban J connectivity index is 1.07. The second-order valence-electron chi connectivity index (χ2n) is 14.7. The molecular weight excluding hydrogens is 691 g/mol. The normalized spacial score (nSPS) is 13.1. The average molecular weight is 724 g/mol. The van der Waals surface area contributed by atoms with Crippen molar-refractivity contribution in [1.82, 2.24) is 24.5 Å². The molecule has 5 nitrogen and oxygen atoms in total. The van der Waals surface area contributed by atoms with Gasteiger partial charge < -0.3 is 0 Å². The predicted octanol–water partition coefficient (Wildman–Crippen LogP) is 12.6. The van der Waals surface area contributed by atoms with Gasteiger partial charge in [0, 0.05) is 32.9 Å². The summed E-state index contributed by atoms with van der Waals surface area (Å²) in [6.45, 7) is 4.64. The van der Waals surface area contributed by atoms with Crippen LogP contribution in [0.1, 0.15) is 25.0 Å². The van der Waals surface area contributed by atoms with Crippen molar-refractivity contribution < 1.29 is 0 Å². The van der Waals surface area contributed by atoms with Crippen molar-refractivity contribution in [3.05, 3.63) is 175 Å². The molecule has 0 spiro atoms. The Bertz CT molecular complexity index is 3050. The van der Waals surface area contributed by atoms with Crippen LogP contribution in [-0.4, -0.2) is 24.5 Å². The van der Waals surface area contributed by atoms with Gasteiger partial charge in [0.15, 0.2) is 11.6 Å². The predicted molar refractivity (Wildman–Crippen MR) is 227 cm³/mol. The van der Waals surface area contributed by atoms with Crippen LogP contribution in [0.5, 0.6) is 0 Å². The van der Waals surface area contributed by atoms with Crippen molar-refractivity contribution in [2.75, 3.05) is 0 Å². The number of para-hydroxylation sites is 2. The van der Waals surface area contributed by atoms with Crippen molar-refractivity contribution in [1.29, 1.82) is 0 Å². The Labute approximate surface area is 322 Å². The maximum Gasteiger partial charge on any atom is 0.238 e. The third-order valence-electron chi connectivity index (χ3n) is 11.1. The summed E-state index contributed by atoms with van der Waals surface area (Å²) >= 11 is 1.76. The zero-order valence-corrected chi connectivity index (χ0v) is 31.0. The molecule has 3 aromatic heterocycles. The lowest BCUT2D eigenvalue weighted by Crippen LogP contribution is -2.15. The van der Waals surface area contributed by atoms with Gasteiger partial charge in [-0.1, -0.05) is 147 Å². The molecule has 0 saturated carbocycles. The summed E-state index contributed by atoms with van der Waals surface area (Å²) in [5, 5.41) is 3.37. The van der Waals surface area contributed by atoms with Crippen LogP contribution in [0.4, 0.5) is 0 Å². The Hall–Kier alpha value is -6.76. The van der Waals surface area contributed by atoms with Gasteiger partial charge in [-0.05, 0) is 63.7 Å². The molecule has 0 saturated heterocycles. The first-order valence-corrected chi connectivity index (χ1v) is 19.4. The quantitative estimate of drug-likeness (QED) is 0.177. The fourth-order valence-electron chi connectivity index (χ4n) is 8.30. The molecule has 11 rings (SSSR count). The molecule has 6 heteroatoms. The van der Waals surface area contributed by atoms with Crippen molar-refractivity contribution in [2.24, 2.45) is 0 Å². The molecule has 0 atom stereocenters. The SMILES string of the molecule is CC1(C)c2cc(-c3nc(-c4ccc(-c5ccccc5)cc4)nc(-n4c5ccccc5c5ccccc54)n3)ccc2-c2cc3nc(-c4ccccc4)sc3cc21. The first-order valence-electron chi connectivity index (χ1n) is 18.6. The minimum atomic E-state index is -0.232. The van der Waals surface area contributed by atoms with Crippen LogP contribution < -0.4 is 0 Å². The van der Waals surface area contributed by atoms with E-state index in [2.05, 4.69) is 170 Å². The van der Waals surface area contributed by atoms with Crippen molar-refractivity contribution in [2.45, 2.75) is 19.3 Å². The monoisotopic (exact) mass is 723 g/mol. The van der Waals surface area contributed by atoms with Crippen LogP contribution >= 0.6 is 11.3 Å². The molecule has 0 unspecified atom stereocenters. The van der Waals surface area contributed by atoms with Crippen LogP contribution in [0.2, 0.25) is 0 Å². The van der Waals surface area contributed by atoms with Gasteiger partial charge >= 0.3 is 0 Å². The minimum absolute atomic E-state index is 0.232. The molecule has 0 bridgehead atoms. The van der Waals surface area contributed by atoms with E-state index in [1.807, 2.05) is 12.1 Å². The number of hydrogen-bond acceptors (Lipinski definition) is 5. The van der Waals surface area contributed by atoms with E-state index in [4.69, 9.17) is 19.9 Å². The zero-order chi connectivity index (χ0) is 36.7. The number of nitrogens with zero attached hydrogens (tertiary/aromatic N) is 5. The fourth-order valence-corrected chi connectivity index (χ4v) is 9.29. The van der Waals surface area contributed by atoms with Crippen LogP contribution in [0, 0.1) is 0 Å². The molecule has 3 heterocycles. The summed E-state index contributed by atoms with van der Waals surface area (Å²) in [5.41, 5.74) is 13.3. The summed E-state index contributed by atoms with van der Waals surface area (Å²) in [6, 6.07) is 57.7. The second-order valence-corrected chi connectivity index (χ2v) is 15.8. The van der Waals surface area contributed by atoms with E-state index in [1.165, 1.54) is 32.5 Å². The van der Waals surface area contributed by atoms with Crippen molar-refractivity contribution >= 4 is 43.4 Å². The smallest absolute Gasteiger partial charge is 0.238 e. The van der Waals surface area contributed by atoms with Gasteiger partial charge in [-0.25, -0.2) is 9.97 Å². The molecular formula is C49H33N5S. The molecule has 10 aromatic rings. The highest BCUT2D eigenvalue weighted by atomic mass is 32.1. The number of hydrogen-bond donors (Lipinski definition) is 0. The minimum Gasteiger partial charge on any atom is -0.278 e. The van der Waals surface area contributed by atoms with Crippen LogP contribution in [-0.2, 0) is 5.41 Å². The molecule has 0 amide bonds. The Kier molecular flexibility index (Phi) is 7.00. The largest absolute Gasteiger partial charge is 0.278 e. The first-order chi connectivity index (χ1) is 27.0. The maximum atomic E-state index is 5.27. The van der Waals surface area contributed by atoms with Gasteiger partial charge in [-0.3, -0.25) is 4.57 Å². The number of fused-ring (bicyclic) bond motifs is 7. The lowest BCUT2D eigenvalue weighted by molar-refractivity contribution is 0.661. The first kappa shape index (κ1) is 31.7. The highest BCUT2D eigenvalue weighted by Crippen LogP contribution is 2.51. The van der Waals surface area contributed by atoms with Gasteiger partial charge in [-0.2, -0.15) is 9.97 Å². The standard InChI is InChI=1S/C49H33N5S/c1-49(2)39-27-34(25-26-35(39)38-28-41-44(29-40(38)49)55-47(50-41)33-15-7-4-8-16-33)46-51-45(32-23-21-31(22-24-32)30-13-5-3-6-14-30)52-48(53-46)54-42-19-11-9-17-36(42)37-18-10-12-20-43(37)54/h3-29H,1-2H3. The number of thiazole rings is 1. The van der Waals surface area contributed by atoms with Crippen LogP contribution in [0.25, 0.3) is 93.6 Å². The zero-order valence-electron chi connectivity index (χ0n) is 30.2. The van der Waals surface area contributed by atoms with E-state index in [0.717, 1.165) is 54.6 Å². The van der Waals surface area contributed by atoms with Gasteiger partial charge in [0.2, 0.25) is 5.95 Å². The molecule has 1 aliphatic rings. The van der Waals surface area contributed by atoms with Crippen molar-refractivity contribution in [3.63, 3.8) is 0 Å². The summed E-state index contributed by atoms with van der Waals surface area (Å²) < 4.78 is 3.38. The molecule has 1 aliphatic carbocycles. The summed E-state index contributed by atoms with van der Waals surface area (Å²) in [7, 11) is 0. The number of benzene rings is 7. The Morgan fingerprint density at radius 3 is 1.69 bits per heavy atom. The Morgan fingerprint density at radius 1 is 0.455 bits per heavy atom. The van der Waals surface area contributed by atoms with E-state index < -0.39 is 0 Å². The van der Waals surface area contributed by atoms with Crippen LogP contribution in [0.3, 0.4) is 0 Å². The molecule has 0 radical (unpaired) electrons. The molecule has 0 fully saturated rings. The van der Waals surface area contributed by atoms with E-state index in [1.54, 1.807) is 11.3 Å². The van der Waals surface area contributed by atoms with Gasteiger partial charge in [0.25, 0.3) is 0 Å². The third kappa shape index (κ3) is 5.06. The maximum absolute atomic E-state index is 5.27. The number of aromatic nitrogens is 5. The topological polar surface area (TPSA) is 56.5 Å². The Morgan fingerprint density at radius 2 is 1.00 bits per heavy atom. The summed E-state index contributed by atoms with van der Waals surface area (Å²) in [5.74, 6) is 1.86. The van der Waals surface area contributed by atoms with E-state index in [0.29, 0.717) is 17.6 Å². The van der Waals surface area contributed by atoms with E-state index in [9.17, 15) is 0 Å². The van der Waals surface area contributed by atoms with Gasteiger partial charge in [0.05, 0.1) is 21.3 Å². The molecule has 55 heavy (non-hydrogen) atoms. The van der Waals surface area contributed by atoms with Crippen LogP contribution in [0.15, 0.2) is 164 Å². The summed E-state index contributed by atoms with van der Waals surface area (Å²) in [4.78, 5) is 20.7. The highest BCUT2D eigenvalue weighted by Gasteiger charge is 2.36. The number of rotatable bonds is 5. The molecule has 7 aromatic carbocycles. The van der Waals surface area contributed by atoms with Crippen molar-refractivity contribution in [3.8, 4) is 61.5 Å². The molecule has 0 N–H and O–H groups in total. The lowest BCUT2D eigenvalue weighted by atomic mass is 9.82. The third-order valence-corrected chi connectivity index (χ3v) is 12.2. The second kappa shape index (κ2) is 12.1. The molecule has 0 aliphatic heterocycles. The van der Waals surface area contributed by atoms with E-state index in [-0.39, 0.29) is 5.41 Å². The van der Waals surface area contributed by atoms with Gasteiger partial charge in [-0.15, -0.1) is 11.3 Å². The highest BCUT2D eigenvalue weighted by molar-refractivity contribution is 7.21.